The number of fused-ring (bicyclic) bond motifs is 1. The number of nitrogens with one attached hydrogen (secondary N) is 3. The zero-order valence-electron chi connectivity index (χ0n) is 11.6. The Labute approximate surface area is 122 Å². The van der Waals surface area contributed by atoms with Gasteiger partial charge in [-0.25, -0.2) is 4.98 Å². The van der Waals surface area contributed by atoms with Gasteiger partial charge in [0.25, 0.3) is 0 Å². The second-order valence-corrected chi connectivity index (χ2v) is 6.18. The Bertz CT molecular complexity index is 563. The summed E-state index contributed by atoms with van der Waals surface area (Å²) in [5, 5.41) is 6.68. The van der Waals surface area contributed by atoms with Crippen molar-refractivity contribution in [1.82, 2.24) is 19.9 Å². The van der Waals surface area contributed by atoms with Gasteiger partial charge in [-0.05, 0) is 30.3 Å². The standard InChI is InChI=1S/C13H20N6S/c1-2-4-14-13-18-11(10-12(19-13)17-8-16-10)15-6-9-3-5-20-7-9/h8-9H,2-7H2,1H3,(H3,14,15,16,17,18,19). The molecule has 20 heavy (non-hydrogen) atoms. The van der Waals surface area contributed by atoms with E-state index >= 15 is 0 Å². The molecule has 1 fully saturated rings. The fraction of sp³-hybridized carbons (Fsp3) is 0.615. The fourth-order valence-corrected chi connectivity index (χ4v) is 3.55. The monoisotopic (exact) mass is 292 g/mol. The normalized spacial score (nSPS) is 18.6. The van der Waals surface area contributed by atoms with Crippen molar-refractivity contribution in [3.05, 3.63) is 6.33 Å². The van der Waals surface area contributed by atoms with E-state index in [1.54, 1.807) is 6.33 Å². The summed E-state index contributed by atoms with van der Waals surface area (Å²) in [5.41, 5.74) is 1.60. The molecule has 1 saturated heterocycles. The van der Waals surface area contributed by atoms with Crippen molar-refractivity contribution in [2.75, 3.05) is 35.2 Å². The highest BCUT2D eigenvalue weighted by Gasteiger charge is 2.16. The molecule has 6 nitrogen and oxygen atoms in total. The molecular weight excluding hydrogens is 272 g/mol. The zero-order chi connectivity index (χ0) is 13.8. The summed E-state index contributed by atoms with van der Waals surface area (Å²) in [6.07, 6.45) is 4.00. The first-order valence-corrected chi connectivity index (χ1v) is 8.29. The number of thioether (sulfide) groups is 1. The third kappa shape index (κ3) is 2.98. The first-order valence-electron chi connectivity index (χ1n) is 7.13. The molecule has 0 radical (unpaired) electrons. The first-order chi connectivity index (χ1) is 9.86. The highest BCUT2D eigenvalue weighted by atomic mass is 32.2. The molecule has 2 aromatic rings. The second-order valence-electron chi connectivity index (χ2n) is 5.03. The van der Waals surface area contributed by atoms with Crippen LogP contribution >= 0.6 is 11.8 Å². The number of hydrogen-bond acceptors (Lipinski definition) is 6. The molecule has 3 rings (SSSR count). The van der Waals surface area contributed by atoms with Gasteiger partial charge in [0.2, 0.25) is 5.95 Å². The van der Waals surface area contributed by atoms with Gasteiger partial charge in [-0.15, -0.1) is 0 Å². The van der Waals surface area contributed by atoms with Crippen LogP contribution in [0.1, 0.15) is 19.8 Å². The number of aromatic nitrogens is 4. The van der Waals surface area contributed by atoms with E-state index in [2.05, 4.69) is 37.5 Å². The van der Waals surface area contributed by atoms with Crippen LogP contribution in [0.25, 0.3) is 11.2 Å². The average Bonchev–Trinajstić information content (AvgIpc) is 3.13. The molecule has 7 heteroatoms. The molecule has 1 unspecified atom stereocenters. The molecule has 0 aliphatic carbocycles. The van der Waals surface area contributed by atoms with Gasteiger partial charge in [0.1, 0.15) is 5.52 Å². The number of anilines is 2. The van der Waals surface area contributed by atoms with Crippen LogP contribution in [0.2, 0.25) is 0 Å². The van der Waals surface area contributed by atoms with Crippen molar-refractivity contribution < 1.29 is 0 Å². The van der Waals surface area contributed by atoms with Gasteiger partial charge in [-0.3, -0.25) is 0 Å². The second kappa shape index (κ2) is 6.30. The van der Waals surface area contributed by atoms with Gasteiger partial charge < -0.3 is 15.6 Å². The Kier molecular flexibility index (Phi) is 4.25. The van der Waals surface area contributed by atoms with Gasteiger partial charge in [-0.1, -0.05) is 6.92 Å². The molecule has 1 aliphatic heterocycles. The van der Waals surface area contributed by atoms with E-state index in [0.29, 0.717) is 11.6 Å². The van der Waals surface area contributed by atoms with Crippen molar-refractivity contribution >= 4 is 34.7 Å². The Morgan fingerprint density at radius 3 is 3.15 bits per heavy atom. The van der Waals surface area contributed by atoms with Crippen LogP contribution in [0.5, 0.6) is 0 Å². The minimum absolute atomic E-state index is 0.648. The lowest BCUT2D eigenvalue weighted by atomic mass is 10.1. The van der Waals surface area contributed by atoms with Gasteiger partial charge in [0, 0.05) is 13.1 Å². The van der Waals surface area contributed by atoms with Crippen molar-refractivity contribution in [2.24, 2.45) is 5.92 Å². The number of nitrogens with zero attached hydrogens (tertiary/aromatic N) is 3. The number of H-pyrrole nitrogens is 1. The number of aromatic amines is 1. The minimum Gasteiger partial charge on any atom is -0.368 e. The number of rotatable bonds is 6. The van der Waals surface area contributed by atoms with Crippen LogP contribution in [0.4, 0.5) is 11.8 Å². The fourth-order valence-electron chi connectivity index (χ4n) is 2.26. The van der Waals surface area contributed by atoms with Gasteiger partial charge >= 0.3 is 0 Å². The summed E-state index contributed by atoms with van der Waals surface area (Å²) >= 11 is 2.03. The molecule has 108 valence electrons. The zero-order valence-corrected chi connectivity index (χ0v) is 12.5. The van der Waals surface area contributed by atoms with Crippen molar-refractivity contribution in [1.29, 1.82) is 0 Å². The van der Waals surface area contributed by atoms with E-state index in [4.69, 9.17) is 0 Å². The maximum absolute atomic E-state index is 4.56. The molecular formula is C13H20N6S. The van der Waals surface area contributed by atoms with E-state index in [0.717, 1.165) is 36.8 Å². The molecule has 1 atom stereocenters. The number of imidazole rings is 1. The SMILES string of the molecule is CCCNc1nc(NCC2CCSC2)c2[nH]cnc2n1. The minimum atomic E-state index is 0.648. The van der Waals surface area contributed by atoms with Gasteiger partial charge in [-0.2, -0.15) is 21.7 Å². The van der Waals surface area contributed by atoms with E-state index in [1.165, 1.54) is 17.9 Å². The van der Waals surface area contributed by atoms with Crippen molar-refractivity contribution in [3.63, 3.8) is 0 Å². The third-order valence-corrected chi connectivity index (χ3v) is 4.63. The van der Waals surface area contributed by atoms with E-state index in [-0.39, 0.29) is 0 Å². The Morgan fingerprint density at radius 1 is 1.40 bits per heavy atom. The van der Waals surface area contributed by atoms with Gasteiger partial charge in [0.15, 0.2) is 11.5 Å². The van der Waals surface area contributed by atoms with Crippen LogP contribution < -0.4 is 10.6 Å². The predicted molar refractivity (Wildman–Crippen MR) is 84.4 cm³/mol. The predicted octanol–water partition coefficient (Wildman–Crippen LogP) is 2.34. The highest BCUT2D eigenvalue weighted by molar-refractivity contribution is 7.99. The number of hydrogen-bond donors (Lipinski definition) is 3. The van der Waals surface area contributed by atoms with Crippen LogP contribution in [-0.2, 0) is 0 Å². The van der Waals surface area contributed by atoms with Gasteiger partial charge in [0.05, 0.1) is 6.33 Å². The van der Waals surface area contributed by atoms with Crippen LogP contribution in [0.15, 0.2) is 6.33 Å². The third-order valence-electron chi connectivity index (χ3n) is 3.40. The first kappa shape index (κ1) is 13.5. The van der Waals surface area contributed by atoms with Crippen LogP contribution in [-0.4, -0.2) is 44.5 Å². The lowest BCUT2D eigenvalue weighted by Crippen LogP contribution is -2.15. The summed E-state index contributed by atoms with van der Waals surface area (Å²) in [6.45, 7) is 3.96. The molecule has 0 spiro atoms. The molecule has 1 aliphatic rings. The quantitative estimate of drug-likeness (QED) is 0.758. The van der Waals surface area contributed by atoms with Crippen molar-refractivity contribution in [3.8, 4) is 0 Å². The largest absolute Gasteiger partial charge is 0.368 e. The average molecular weight is 292 g/mol. The Balaban J connectivity index is 1.77. The Morgan fingerprint density at radius 2 is 2.35 bits per heavy atom. The van der Waals surface area contributed by atoms with E-state index < -0.39 is 0 Å². The topological polar surface area (TPSA) is 78.5 Å². The molecule has 2 aromatic heterocycles. The summed E-state index contributed by atoms with van der Waals surface area (Å²) in [4.78, 5) is 16.3. The molecule has 0 aromatic carbocycles. The highest BCUT2D eigenvalue weighted by Crippen LogP contribution is 2.25. The summed E-state index contributed by atoms with van der Waals surface area (Å²) in [5.74, 6) is 4.75. The summed E-state index contributed by atoms with van der Waals surface area (Å²) in [7, 11) is 0. The van der Waals surface area contributed by atoms with E-state index in [9.17, 15) is 0 Å². The summed E-state index contributed by atoms with van der Waals surface area (Å²) < 4.78 is 0. The van der Waals surface area contributed by atoms with Crippen molar-refractivity contribution in [2.45, 2.75) is 19.8 Å². The molecule has 3 heterocycles. The Hall–Kier alpha value is -1.50. The summed E-state index contributed by atoms with van der Waals surface area (Å²) in [6, 6.07) is 0. The molecule has 0 saturated carbocycles. The lowest BCUT2D eigenvalue weighted by molar-refractivity contribution is 0.631. The smallest absolute Gasteiger partial charge is 0.226 e. The molecule has 0 bridgehead atoms. The van der Waals surface area contributed by atoms with Crippen LogP contribution in [0.3, 0.4) is 0 Å². The lowest BCUT2D eigenvalue weighted by Gasteiger charge is -2.12. The molecule has 3 N–H and O–H groups in total. The molecule has 0 amide bonds. The van der Waals surface area contributed by atoms with Crippen LogP contribution in [0, 0.1) is 5.92 Å². The van der Waals surface area contributed by atoms with E-state index in [1.807, 2.05) is 11.8 Å². The maximum atomic E-state index is 4.56. The maximum Gasteiger partial charge on any atom is 0.226 e.